The van der Waals surface area contributed by atoms with Crippen LogP contribution in [-0.2, 0) is 9.53 Å². The highest BCUT2D eigenvalue weighted by Gasteiger charge is 2.18. The number of carbonyl (C=O) groups excluding carboxylic acids is 2. The molecule has 0 radical (unpaired) electrons. The number of alkyl carbamates (subject to hydrolysis) is 1. The molecule has 1 atom stereocenters. The molecule has 0 saturated carbocycles. The zero-order valence-corrected chi connectivity index (χ0v) is 8.53. The minimum Gasteiger partial charge on any atom is -0.444 e. The van der Waals surface area contributed by atoms with Crippen molar-refractivity contribution in [3.8, 4) is 0 Å². The van der Waals surface area contributed by atoms with E-state index in [2.05, 4.69) is 5.32 Å². The number of aliphatic hydroxyl groups is 1. The van der Waals surface area contributed by atoms with Gasteiger partial charge < -0.3 is 20.9 Å². The lowest BCUT2D eigenvalue weighted by molar-refractivity contribution is -0.125. The van der Waals surface area contributed by atoms with Crippen LogP contribution in [0.3, 0.4) is 0 Å². The van der Waals surface area contributed by atoms with Crippen molar-refractivity contribution in [2.24, 2.45) is 5.73 Å². The van der Waals surface area contributed by atoms with Gasteiger partial charge >= 0.3 is 6.09 Å². The molecule has 82 valence electrons. The Kier molecular flexibility index (Phi) is 4.36. The van der Waals surface area contributed by atoms with E-state index in [1.165, 1.54) is 0 Å². The summed E-state index contributed by atoms with van der Waals surface area (Å²) in [4.78, 5) is 21.4. The number of aliphatic hydroxyl groups excluding tert-OH is 1. The average molecular weight is 204 g/mol. The Morgan fingerprint density at radius 3 is 2.36 bits per heavy atom. The third-order valence-electron chi connectivity index (χ3n) is 1.17. The van der Waals surface area contributed by atoms with Gasteiger partial charge in [-0.05, 0) is 20.8 Å². The summed E-state index contributed by atoms with van der Waals surface area (Å²) in [5, 5.41) is 11.1. The van der Waals surface area contributed by atoms with Crippen molar-refractivity contribution in [1.82, 2.24) is 5.32 Å². The fourth-order valence-corrected chi connectivity index (χ4v) is 0.595. The highest BCUT2D eigenvalue weighted by atomic mass is 16.6. The van der Waals surface area contributed by atoms with Crippen LogP contribution in [0, 0.1) is 0 Å². The number of primary amides is 1. The summed E-state index contributed by atoms with van der Waals surface area (Å²) in [7, 11) is 0. The van der Waals surface area contributed by atoms with E-state index >= 15 is 0 Å². The number of amides is 2. The first kappa shape index (κ1) is 12.7. The Balaban J connectivity index is 3.81. The second kappa shape index (κ2) is 4.80. The number of ether oxygens (including phenoxy) is 1. The minimum atomic E-state index is -1.39. The van der Waals surface area contributed by atoms with Crippen LogP contribution in [-0.4, -0.2) is 35.4 Å². The van der Waals surface area contributed by atoms with Crippen molar-refractivity contribution in [2.75, 3.05) is 6.54 Å². The molecule has 0 heterocycles. The van der Waals surface area contributed by atoms with Crippen molar-refractivity contribution >= 4 is 12.0 Å². The minimum absolute atomic E-state index is 0.246. The number of hydrogen-bond acceptors (Lipinski definition) is 4. The Bertz CT molecular complexity index is 222. The van der Waals surface area contributed by atoms with Crippen molar-refractivity contribution in [1.29, 1.82) is 0 Å². The van der Waals surface area contributed by atoms with E-state index in [1.807, 2.05) is 0 Å². The second-order valence-electron chi connectivity index (χ2n) is 3.80. The monoisotopic (exact) mass is 204 g/mol. The molecular formula is C8H16N2O4. The fraction of sp³-hybridized carbons (Fsp3) is 0.750. The van der Waals surface area contributed by atoms with Crippen molar-refractivity contribution < 1.29 is 19.4 Å². The lowest BCUT2D eigenvalue weighted by Gasteiger charge is -2.20. The number of nitrogens with one attached hydrogen (secondary N) is 1. The third-order valence-corrected chi connectivity index (χ3v) is 1.17. The van der Waals surface area contributed by atoms with Gasteiger partial charge in [0.1, 0.15) is 11.7 Å². The molecule has 0 aromatic carbocycles. The summed E-state index contributed by atoms with van der Waals surface area (Å²) in [6, 6.07) is 0. The third kappa shape index (κ3) is 6.24. The number of hydrogen-bond donors (Lipinski definition) is 3. The van der Waals surface area contributed by atoms with Crippen LogP contribution in [0.4, 0.5) is 4.79 Å². The normalized spacial score (nSPS) is 13.1. The summed E-state index contributed by atoms with van der Waals surface area (Å²) < 4.78 is 4.85. The predicted molar refractivity (Wildman–Crippen MR) is 49.4 cm³/mol. The molecule has 0 aromatic heterocycles. The second-order valence-corrected chi connectivity index (χ2v) is 3.80. The van der Waals surface area contributed by atoms with E-state index in [1.54, 1.807) is 20.8 Å². The van der Waals surface area contributed by atoms with Gasteiger partial charge in [-0.1, -0.05) is 0 Å². The lowest BCUT2D eigenvalue weighted by atomic mass is 10.2. The molecule has 2 amide bonds. The van der Waals surface area contributed by atoms with Gasteiger partial charge in [0.05, 0.1) is 6.54 Å². The van der Waals surface area contributed by atoms with Crippen LogP contribution in [0.15, 0.2) is 0 Å². The van der Waals surface area contributed by atoms with Crippen LogP contribution in [0.1, 0.15) is 20.8 Å². The average Bonchev–Trinajstić information content (AvgIpc) is 1.96. The SMILES string of the molecule is CC(C)(C)OC(=O)NC[C@@H](O)C(N)=O. The first-order valence-corrected chi connectivity index (χ1v) is 4.16. The van der Waals surface area contributed by atoms with E-state index in [9.17, 15) is 9.59 Å². The Morgan fingerprint density at radius 1 is 1.50 bits per heavy atom. The summed E-state index contributed by atoms with van der Waals surface area (Å²) in [5.74, 6) is -0.888. The van der Waals surface area contributed by atoms with E-state index in [0.717, 1.165) is 0 Å². The molecule has 6 heteroatoms. The number of nitrogens with two attached hydrogens (primary N) is 1. The van der Waals surface area contributed by atoms with Gasteiger partial charge in [0, 0.05) is 0 Å². The van der Waals surface area contributed by atoms with Gasteiger partial charge in [-0.25, -0.2) is 4.79 Å². The van der Waals surface area contributed by atoms with E-state index in [0.29, 0.717) is 0 Å². The van der Waals surface area contributed by atoms with E-state index in [-0.39, 0.29) is 6.54 Å². The zero-order chi connectivity index (χ0) is 11.4. The molecule has 0 aliphatic heterocycles. The molecule has 0 fully saturated rings. The highest BCUT2D eigenvalue weighted by Crippen LogP contribution is 2.06. The number of rotatable bonds is 3. The molecule has 0 aliphatic rings. The molecule has 0 aromatic rings. The quantitative estimate of drug-likeness (QED) is 0.569. The van der Waals surface area contributed by atoms with Crippen LogP contribution in [0.25, 0.3) is 0 Å². The van der Waals surface area contributed by atoms with Crippen molar-refractivity contribution in [3.05, 3.63) is 0 Å². The topological polar surface area (TPSA) is 102 Å². The molecule has 0 rings (SSSR count). The van der Waals surface area contributed by atoms with Gasteiger partial charge in [0.15, 0.2) is 0 Å². The van der Waals surface area contributed by atoms with E-state index < -0.39 is 23.7 Å². The summed E-state index contributed by atoms with van der Waals surface area (Å²) in [6.45, 7) is 4.87. The summed E-state index contributed by atoms with van der Waals surface area (Å²) in [6.07, 6.45) is -2.08. The maximum atomic E-state index is 11.0. The molecule has 0 spiro atoms. The molecule has 6 nitrogen and oxygen atoms in total. The largest absolute Gasteiger partial charge is 0.444 e. The molecule has 0 saturated heterocycles. The van der Waals surface area contributed by atoms with E-state index in [4.69, 9.17) is 15.6 Å². The summed E-state index contributed by atoms with van der Waals surface area (Å²) >= 11 is 0. The van der Waals surface area contributed by atoms with Gasteiger partial charge in [0.25, 0.3) is 0 Å². The molecule has 0 bridgehead atoms. The molecule has 0 unspecified atom stereocenters. The van der Waals surface area contributed by atoms with Crippen molar-refractivity contribution in [3.63, 3.8) is 0 Å². The van der Waals surface area contributed by atoms with Gasteiger partial charge in [-0.15, -0.1) is 0 Å². The van der Waals surface area contributed by atoms with Gasteiger partial charge in [-0.2, -0.15) is 0 Å². The molecule has 4 N–H and O–H groups in total. The Labute approximate surface area is 82.4 Å². The first-order valence-electron chi connectivity index (χ1n) is 4.16. The number of carbonyl (C=O) groups is 2. The fourth-order valence-electron chi connectivity index (χ4n) is 0.595. The maximum Gasteiger partial charge on any atom is 0.407 e. The standard InChI is InChI=1S/C8H16N2O4/c1-8(2,3)14-7(13)10-4-5(11)6(9)12/h5,11H,4H2,1-3H3,(H2,9,12)(H,10,13)/t5-/m1/s1. The predicted octanol–water partition coefficient (Wildman–Crippen LogP) is -0.643. The van der Waals surface area contributed by atoms with Crippen LogP contribution in [0.5, 0.6) is 0 Å². The zero-order valence-electron chi connectivity index (χ0n) is 8.53. The first-order chi connectivity index (χ1) is 6.22. The lowest BCUT2D eigenvalue weighted by Crippen LogP contribution is -2.41. The van der Waals surface area contributed by atoms with Gasteiger partial charge in [0.2, 0.25) is 5.91 Å². The Hall–Kier alpha value is -1.30. The molecule has 14 heavy (non-hydrogen) atoms. The highest BCUT2D eigenvalue weighted by molar-refractivity contribution is 5.79. The summed E-state index contributed by atoms with van der Waals surface area (Å²) in [5.41, 5.74) is 4.16. The molecular weight excluding hydrogens is 188 g/mol. The smallest absolute Gasteiger partial charge is 0.407 e. The van der Waals surface area contributed by atoms with Gasteiger partial charge in [-0.3, -0.25) is 4.79 Å². The molecule has 0 aliphatic carbocycles. The Morgan fingerprint density at radius 2 is 2.00 bits per heavy atom. The maximum absolute atomic E-state index is 11.0. The van der Waals surface area contributed by atoms with Crippen LogP contribution < -0.4 is 11.1 Å². The van der Waals surface area contributed by atoms with Crippen LogP contribution >= 0.6 is 0 Å². The van der Waals surface area contributed by atoms with Crippen molar-refractivity contribution in [2.45, 2.75) is 32.5 Å². The van der Waals surface area contributed by atoms with Crippen LogP contribution in [0.2, 0.25) is 0 Å².